The highest BCUT2D eigenvalue weighted by Crippen LogP contribution is 2.19. The van der Waals surface area contributed by atoms with Crippen LogP contribution in [0.2, 0.25) is 0 Å². The molecule has 4 rings (SSSR count). The van der Waals surface area contributed by atoms with E-state index in [0.717, 1.165) is 18.8 Å². The highest BCUT2D eigenvalue weighted by atomic mass is 16.3. The fraction of sp³-hybridized carbons (Fsp3) is 0.381. The molecule has 1 aliphatic heterocycles. The second-order valence-electron chi connectivity index (χ2n) is 7.49. The summed E-state index contributed by atoms with van der Waals surface area (Å²) in [4.78, 5) is 34.5. The van der Waals surface area contributed by atoms with Crippen LogP contribution < -0.4 is 5.32 Å². The molecule has 1 aromatic carbocycles. The van der Waals surface area contributed by atoms with E-state index in [-0.39, 0.29) is 11.9 Å². The van der Waals surface area contributed by atoms with Crippen LogP contribution in [0.25, 0.3) is 11.1 Å². The van der Waals surface area contributed by atoms with Crippen molar-refractivity contribution >= 4 is 23.0 Å². The lowest BCUT2D eigenvalue weighted by Gasteiger charge is -2.33. The number of hydrogen-bond donors (Lipinski definition) is 1. The topological polar surface area (TPSA) is 95.1 Å². The fourth-order valence-electron chi connectivity index (χ4n) is 3.42. The van der Waals surface area contributed by atoms with Gasteiger partial charge in [-0.15, -0.1) is 0 Å². The average Bonchev–Trinajstić information content (AvgIpc) is 3.40. The number of carbonyl (C=O) groups is 2. The molecule has 1 aliphatic rings. The molecular weight excluding hydrogens is 386 g/mol. The van der Waals surface area contributed by atoms with Gasteiger partial charge < -0.3 is 24.0 Å². The van der Waals surface area contributed by atoms with Crippen LogP contribution in [0.15, 0.2) is 45.4 Å². The van der Waals surface area contributed by atoms with Crippen molar-refractivity contribution in [3.8, 4) is 0 Å². The largest absolute Gasteiger partial charge is 0.467 e. The Morgan fingerprint density at radius 3 is 2.67 bits per heavy atom. The first-order chi connectivity index (χ1) is 14.5. The van der Waals surface area contributed by atoms with E-state index in [0.29, 0.717) is 48.7 Å². The van der Waals surface area contributed by atoms with Crippen LogP contribution in [0.3, 0.4) is 0 Å². The second kappa shape index (κ2) is 8.58. The summed E-state index contributed by atoms with van der Waals surface area (Å²) in [6, 6.07) is 8.83. The molecule has 9 nitrogen and oxygen atoms in total. The van der Waals surface area contributed by atoms with E-state index in [4.69, 9.17) is 8.83 Å². The molecule has 0 atom stereocenters. The SMILES string of the molecule is CN(C)C(=O)c1ccc2oc(CN3CCN(C(=O)NCc4ccco4)CC3)nc2c1. The molecule has 0 bridgehead atoms. The summed E-state index contributed by atoms with van der Waals surface area (Å²) in [5.74, 6) is 1.27. The van der Waals surface area contributed by atoms with Gasteiger partial charge in [0.25, 0.3) is 5.91 Å². The van der Waals surface area contributed by atoms with E-state index in [1.54, 1.807) is 49.5 Å². The summed E-state index contributed by atoms with van der Waals surface area (Å²) >= 11 is 0. The average molecular weight is 411 g/mol. The van der Waals surface area contributed by atoms with Crippen molar-refractivity contribution in [2.75, 3.05) is 40.3 Å². The predicted octanol–water partition coefficient (Wildman–Crippen LogP) is 2.15. The maximum absolute atomic E-state index is 12.3. The van der Waals surface area contributed by atoms with Gasteiger partial charge >= 0.3 is 6.03 Å². The number of nitrogens with zero attached hydrogens (tertiary/aromatic N) is 4. The van der Waals surface area contributed by atoms with Crippen molar-refractivity contribution in [2.45, 2.75) is 13.1 Å². The Kier molecular flexibility index (Phi) is 5.71. The Morgan fingerprint density at radius 1 is 1.17 bits per heavy atom. The van der Waals surface area contributed by atoms with Crippen LogP contribution in [-0.2, 0) is 13.1 Å². The number of hydrogen-bond acceptors (Lipinski definition) is 6. The van der Waals surface area contributed by atoms with Gasteiger partial charge in [-0.25, -0.2) is 9.78 Å². The first kappa shape index (κ1) is 20.0. The number of furan rings is 1. The van der Waals surface area contributed by atoms with Crippen molar-refractivity contribution in [2.24, 2.45) is 0 Å². The molecule has 1 saturated heterocycles. The molecule has 1 fully saturated rings. The molecule has 0 aliphatic carbocycles. The van der Waals surface area contributed by atoms with Crippen LogP contribution in [0, 0.1) is 0 Å². The highest BCUT2D eigenvalue weighted by molar-refractivity contribution is 5.96. The quantitative estimate of drug-likeness (QED) is 0.691. The molecule has 0 saturated carbocycles. The number of piperazine rings is 1. The number of rotatable bonds is 5. The molecule has 9 heteroatoms. The Hall–Kier alpha value is -3.33. The first-order valence-corrected chi connectivity index (χ1v) is 9.88. The lowest BCUT2D eigenvalue weighted by Crippen LogP contribution is -2.51. The molecule has 158 valence electrons. The number of aromatic nitrogens is 1. The Morgan fingerprint density at radius 2 is 1.97 bits per heavy atom. The van der Waals surface area contributed by atoms with Crippen molar-refractivity contribution in [3.63, 3.8) is 0 Å². The monoisotopic (exact) mass is 411 g/mol. The molecule has 0 radical (unpaired) electrons. The number of urea groups is 1. The number of oxazole rings is 1. The summed E-state index contributed by atoms with van der Waals surface area (Å²) < 4.78 is 11.1. The third-order valence-corrected chi connectivity index (χ3v) is 5.10. The fourth-order valence-corrected chi connectivity index (χ4v) is 3.42. The zero-order valence-electron chi connectivity index (χ0n) is 17.1. The highest BCUT2D eigenvalue weighted by Gasteiger charge is 2.22. The van der Waals surface area contributed by atoms with Crippen molar-refractivity contribution < 1.29 is 18.4 Å². The zero-order valence-corrected chi connectivity index (χ0v) is 17.1. The Balaban J connectivity index is 1.30. The third-order valence-electron chi connectivity index (χ3n) is 5.10. The lowest BCUT2D eigenvalue weighted by molar-refractivity contribution is 0.0827. The van der Waals surface area contributed by atoms with E-state index in [1.807, 2.05) is 6.07 Å². The van der Waals surface area contributed by atoms with E-state index in [1.165, 1.54) is 4.90 Å². The molecule has 30 heavy (non-hydrogen) atoms. The van der Waals surface area contributed by atoms with Gasteiger partial charge in [-0.3, -0.25) is 9.69 Å². The predicted molar refractivity (Wildman–Crippen MR) is 110 cm³/mol. The van der Waals surface area contributed by atoms with Crippen LogP contribution in [0.5, 0.6) is 0 Å². The van der Waals surface area contributed by atoms with Crippen LogP contribution in [-0.4, -0.2) is 71.9 Å². The van der Waals surface area contributed by atoms with Crippen LogP contribution in [0.4, 0.5) is 4.79 Å². The molecule has 2 aromatic heterocycles. The first-order valence-electron chi connectivity index (χ1n) is 9.88. The third kappa shape index (κ3) is 4.46. The maximum atomic E-state index is 12.3. The van der Waals surface area contributed by atoms with Crippen LogP contribution >= 0.6 is 0 Å². The van der Waals surface area contributed by atoms with E-state index in [2.05, 4.69) is 15.2 Å². The summed E-state index contributed by atoms with van der Waals surface area (Å²) in [6.07, 6.45) is 1.59. The maximum Gasteiger partial charge on any atom is 0.317 e. The van der Waals surface area contributed by atoms with E-state index < -0.39 is 0 Å². The molecule has 0 spiro atoms. The lowest BCUT2D eigenvalue weighted by atomic mass is 10.2. The second-order valence-corrected chi connectivity index (χ2v) is 7.49. The van der Waals surface area contributed by atoms with E-state index >= 15 is 0 Å². The van der Waals surface area contributed by atoms with Gasteiger partial charge in [0.15, 0.2) is 5.58 Å². The van der Waals surface area contributed by atoms with E-state index in [9.17, 15) is 9.59 Å². The number of fused-ring (bicyclic) bond motifs is 1. The molecule has 0 unspecified atom stereocenters. The van der Waals surface area contributed by atoms with Gasteiger partial charge in [0.05, 0.1) is 19.4 Å². The smallest absolute Gasteiger partial charge is 0.317 e. The standard InChI is InChI=1S/C21H25N5O4/c1-24(2)20(27)15-5-6-18-17(12-15)23-19(30-18)14-25-7-9-26(10-8-25)21(28)22-13-16-4-3-11-29-16/h3-6,11-12H,7-10,13-14H2,1-2H3,(H,22,28). The summed E-state index contributed by atoms with van der Waals surface area (Å²) in [5.41, 5.74) is 1.92. The molecular formula is C21H25N5O4. The Bertz CT molecular complexity index is 1020. The minimum atomic E-state index is -0.0917. The van der Waals surface area contributed by atoms with Gasteiger partial charge in [0, 0.05) is 45.8 Å². The minimum Gasteiger partial charge on any atom is -0.467 e. The zero-order chi connectivity index (χ0) is 21.1. The number of amides is 3. The van der Waals surface area contributed by atoms with Gasteiger partial charge in [-0.1, -0.05) is 0 Å². The molecule has 1 N–H and O–H groups in total. The van der Waals surface area contributed by atoms with Crippen molar-refractivity contribution in [3.05, 3.63) is 53.8 Å². The normalized spacial score (nSPS) is 14.8. The Labute approximate surface area is 174 Å². The van der Waals surface area contributed by atoms with Gasteiger partial charge in [-0.05, 0) is 30.3 Å². The summed E-state index contributed by atoms with van der Waals surface area (Å²) in [7, 11) is 3.44. The molecule has 3 amide bonds. The number of carbonyl (C=O) groups excluding carboxylic acids is 2. The summed E-state index contributed by atoms with van der Waals surface area (Å²) in [5, 5.41) is 2.87. The molecule has 3 heterocycles. The minimum absolute atomic E-state index is 0.0668. The summed E-state index contributed by atoms with van der Waals surface area (Å²) in [6.45, 7) is 3.67. The van der Waals surface area contributed by atoms with Gasteiger partial charge in [-0.2, -0.15) is 0 Å². The van der Waals surface area contributed by atoms with Crippen molar-refractivity contribution in [1.82, 2.24) is 25.0 Å². The van der Waals surface area contributed by atoms with Gasteiger partial charge in [0.1, 0.15) is 11.3 Å². The molecule has 3 aromatic rings. The number of benzene rings is 1. The van der Waals surface area contributed by atoms with Gasteiger partial charge in [0.2, 0.25) is 5.89 Å². The van der Waals surface area contributed by atoms with Crippen molar-refractivity contribution in [1.29, 1.82) is 0 Å². The van der Waals surface area contributed by atoms with Crippen LogP contribution in [0.1, 0.15) is 22.0 Å². The number of nitrogens with one attached hydrogen (secondary N) is 1.